The molecule has 0 aliphatic carbocycles. The lowest BCUT2D eigenvalue weighted by molar-refractivity contribution is 0.0947. The zero-order valence-corrected chi connectivity index (χ0v) is 9.16. The Kier molecular flexibility index (Phi) is 4.24. The highest BCUT2D eigenvalue weighted by Crippen LogP contribution is 1.97. The molecule has 1 aromatic rings. The minimum Gasteiger partial charge on any atom is -0.351 e. The highest BCUT2D eigenvalue weighted by molar-refractivity contribution is 5.92. The molecule has 1 rings (SSSR count). The van der Waals surface area contributed by atoms with Crippen molar-refractivity contribution in [2.24, 2.45) is 5.73 Å². The first-order valence-corrected chi connectivity index (χ1v) is 5.07. The summed E-state index contributed by atoms with van der Waals surface area (Å²) in [6, 6.07) is 5.49. The summed E-state index contributed by atoms with van der Waals surface area (Å²) < 4.78 is 0. The van der Waals surface area contributed by atoms with E-state index in [1.165, 1.54) is 0 Å². The Hall–Kier alpha value is -1.42. The van der Waals surface area contributed by atoms with E-state index in [2.05, 4.69) is 10.3 Å². The summed E-state index contributed by atoms with van der Waals surface area (Å²) in [5, 5.41) is 2.78. The molecule has 4 nitrogen and oxygen atoms in total. The van der Waals surface area contributed by atoms with Gasteiger partial charge in [-0.3, -0.25) is 4.79 Å². The lowest BCUT2D eigenvalue weighted by Gasteiger charge is -2.06. The van der Waals surface area contributed by atoms with Crippen molar-refractivity contribution in [2.45, 2.75) is 26.3 Å². The van der Waals surface area contributed by atoms with Gasteiger partial charge in [-0.15, -0.1) is 0 Å². The van der Waals surface area contributed by atoms with E-state index in [0.717, 1.165) is 12.1 Å². The SMILES string of the molecule is Cc1cccc(C(=O)NCCC(C)N)n1. The van der Waals surface area contributed by atoms with Gasteiger partial charge in [0.2, 0.25) is 0 Å². The third-order valence-corrected chi connectivity index (χ3v) is 2.01. The molecular weight excluding hydrogens is 190 g/mol. The molecule has 0 aliphatic heterocycles. The molecule has 0 bridgehead atoms. The molecule has 82 valence electrons. The summed E-state index contributed by atoms with van der Waals surface area (Å²) in [5.41, 5.74) is 6.87. The molecule has 0 saturated carbocycles. The van der Waals surface area contributed by atoms with Crippen molar-refractivity contribution in [3.05, 3.63) is 29.6 Å². The van der Waals surface area contributed by atoms with Gasteiger partial charge in [0.05, 0.1) is 0 Å². The Morgan fingerprint density at radius 3 is 2.93 bits per heavy atom. The van der Waals surface area contributed by atoms with Gasteiger partial charge in [-0.1, -0.05) is 6.07 Å². The molecule has 0 aromatic carbocycles. The second kappa shape index (κ2) is 5.46. The number of nitrogens with zero attached hydrogens (tertiary/aromatic N) is 1. The van der Waals surface area contributed by atoms with Gasteiger partial charge in [-0.05, 0) is 32.4 Å². The van der Waals surface area contributed by atoms with Gasteiger partial charge in [-0.25, -0.2) is 4.98 Å². The summed E-state index contributed by atoms with van der Waals surface area (Å²) in [6.45, 7) is 4.36. The molecule has 0 fully saturated rings. The van der Waals surface area contributed by atoms with E-state index in [0.29, 0.717) is 12.2 Å². The number of pyridine rings is 1. The van der Waals surface area contributed by atoms with Crippen LogP contribution in [0.5, 0.6) is 0 Å². The first-order valence-electron chi connectivity index (χ1n) is 5.07. The van der Waals surface area contributed by atoms with Crippen LogP contribution < -0.4 is 11.1 Å². The van der Waals surface area contributed by atoms with Crippen molar-refractivity contribution in [3.63, 3.8) is 0 Å². The Morgan fingerprint density at radius 1 is 1.60 bits per heavy atom. The van der Waals surface area contributed by atoms with Gasteiger partial charge in [0.1, 0.15) is 5.69 Å². The third-order valence-electron chi connectivity index (χ3n) is 2.01. The monoisotopic (exact) mass is 207 g/mol. The number of aromatic nitrogens is 1. The van der Waals surface area contributed by atoms with E-state index < -0.39 is 0 Å². The van der Waals surface area contributed by atoms with Crippen LogP contribution in [0.15, 0.2) is 18.2 Å². The number of hydrogen-bond acceptors (Lipinski definition) is 3. The molecule has 15 heavy (non-hydrogen) atoms. The molecule has 1 atom stereocenters. The summed E-state index contributed by atoms with van der Waals surface area (Å²) in [6.07, 6.45) is 0.775. The van der Waals surface area contributed by atoms with Gasteiger partial charge in [0, 0.05) is 18.3 Å². The van der Waals surface area contributed by atoms with Gasteiger partial charge >= 0.3 is 0 Å². The normalized spacial score (nSPS) is 12.2. The number of carbonyl (C=O) groups is 1. The molecule has 0 aliphatic rings. The second-order valence-electron chi connectivity index (χ2n) is 3.69. The maximum atomic E-state index is 11.6. The quantitative estimate of drug-likeness (QED) is 0.769. The van der Waals surface area contributed by atoms with E-state index in [-0.39, 0.29) is 11.9 Å². The summed E-state index contributed by atoms with van der Waals surface area (Å²) in [7, 11) is 0. The third kappa shape index (κ3) is 4.08. The van der Waals surface area contributed by atoms with Crippen LogP contribution in [0.2, 0.25) is 0 Å². The van der Waals surface area contributed by atoms with Gasteiger partial charge < -0.3 is 11.1 Å². The molecule has 4 heteroatoms. The predicted octanol–water partition coefficient (Wildman–Crippen LogP) is 0.857. The molecule has 0 saturated heterocycles. The van der Waals surface area contributed by atoms with E-state index in [4.69, 9.17) is 5.73 Å². The smallest absolute Gasteiger partial charge is 0.269 e. The van der Waals surface area contributed by atoms with Crippen LogP contribution in [-0.2, 0) is 0 Å². The number of hydrogen-bond donors (Lipinski definition) is 2. The standard InChI is InChI=1S/C11H17N3O/c1-8(12)6-7-13-11(15)10-5-3-4-9(2)14-10/h3-5,8H,6-7,12H2,1-2H3,(H,13,15). The number of rotatable bonds is 4. The van der Waals surface area contributed by atoms with Crippen LogP contribution in [-0.4, -0.2) is 23.5 Å². The Morgan fingerprint density at radius 2 is 2.33 bits per heavy atom. The molecule has 1 unspecified atom stereocenters. The number of aryl methyl sites for hydroxylation is 1. The Bertz CT molecular complexity index is 336. The number of amides is 1. The summed E-state index contributed by atoms with van der Waals surface area (Å²) >= 11 is 0. The summed E-state index contributed by atoms with van der Waals surface area (Å²) in [5.74, 6) is -0.139. The van der Waals surface area contributed by atoms with Crippen LogP contribution in [0.25, 0.3) is 0 Å². The number of carbonyl (C=O) groups excluding carboxylic acids is 1. The number of nitrogens with one attached hydrogen (secondary N) is 1. The van der Waals surface area contributed by atoms with Crippen LogP contribution in [0.4, 0.5) is 0 Å². The Labute approximate surface area is 89.9 Å². The van der Waals surface area contributed by atoms with Crippen LogP contribution in [0.3, 0.4) is 0 Å². The second-order valence-corrected chi connectivity index (χ2v) is 3.69. The van der Waals surface area contributed by atoms with Crippen molar-refractivity contribution in [1.82, 2.24) is 10.3 Å². The van der Waals surface area contributed by atoms with Gasteiger partial charge in [0.15, 0.2) is 0 Å². The minimum absolute atomic E-state index is 0.107. The lowest BCUT2D eigenvalue weighted by Crippen LogP contribution is -2.29. The average molecular weight is 207 g/mol. The van der Waals surface area contributed by atoms with Crippen LogP contribution >= 0.6 is 0 Å². The maximum Gasteiger partial charge on any atom is 0.269 e. The highest BCUT2D eigenvalue weighted by atomic mass is 16.1. The van der Waals surface area contributed by atoms with Crippen molar-refractivity contribution in [3.8, 4) is 0 Å². The van der Waals surface area contributed by atoms with Crippen molar-refractivity contribution < 1.29 is 4.79 Å². The van der Waals surface area contributed by atoms with E-state index in [1.807, 2.05) is 26.0 Å². The first-order chi connectivity index (χ1) is 7.09. The van der Waals surface area contributed by atoms with Crippen LogP contribution in [0.1, 0.15) is 29.5 Å². The molecule has 1 heterocycles. The highest BCUT2D eigenvalue weighted by Gasteiger charge is 2.06. The number of nitrogens with two attached hydrogens (primary N) is 1. The first kappa shape index (κ1) is 11.7. The molecular formula is C11H17N3O. The van der Waals surface area contributed by atoms with Crippen LogP contribution in [0, 0.1) is 6.92 Å². The Balaban J connectivity index is 2.47. The molecule has 3 N–H and O–H groups in total. The maximum absolute atomic E-state index is 11.6. The molecule has 0 radical (unpaired) electrons. The fourth-order valence-corrected chi connectivity index (χ4v) is 1.17. The molecule has 1 amide bonds. The van der Waals surface area contributed by atoms with Gasteiger partial charge in [-0.2, -0.15) is 0 Å². The summed E-state index contributed by atoms with van der Waals surface area (Å²) in [4.78, 5) is 15.7. The predicted molar refractivity (Wildman–Crippen MR) is 59.6 cm³/mol. The minimum atomic E-state index is -0.139. The van der Waals surface area contributed by atoms with Crippen molar-refractivity contribution in [1.29, 1.82) is 0 Å². The molecule has 1 aromatic heterocycles. The van der Waals surface area contributed by atoms with E-state index in [1.54, 1.807) is 6.07 Å². The van der Waals surface area contributed by atoms with E-state index >= 15 is 0 Å². The van der Waals surface area contributed by atoms with E-state index in [9.17, 15) is 4.79 Å². The topological polar surface area (TPSA) is 68.0 Å². The zero-order chi connectivity index (χ0) is 11.3. The fourth-order valence-electron chi connectivity index (χ4n) is 1.17. The van der Waals surface area contributed by atoms with Crippen molar-refractivity contribution in [2.75, 3.05) is 6.54 Å². The molecule has 0 spiro atoms. The lowest BCUT2D eigenvalue weighted by atomic mass is 10.2. The largest absolute Gasteiger partial charge is 0.351 e. The fraction of sp³-hybridized carbons (Fsp3) is 0.455. The zero-order valence-electron chi connectivity index (χ0n) is 9.16. The van der Waals surface area contributed by atoms with Gasteiger partial charge in [0.25, 0.3) is 5.91 Å². The average Bonchev–Trinajstić information content (AvgIpc) is 2.17. The van der Waals surface area contributed by atoms with Crippen molar-refractivity contribution >= 4 is 5.91 Å².